The lowest BCUT2D eigenvalue weighted by Crippen LogP contribution is -2.54. The van der Waals surface area contributed by atoms with Crippen molar-refractivity contribution in [3.8, 4) is 0 Å². The van der Waals surface area contributed by atoms with Gasteiger partial charge < -0.3 is 10.4 Å². The number of carbonyl (C=O) groups is 2. The molecule has 2 rings (SSSR count). The summed E-state index contributed by atoms with van der Waals surface area (Å²) in [6.07, 6.45) is 2.43. The Bertz CT molecular complexity index is 477. The van der Waals surface area contributed by atoms with E-state index in [1.807, 2.05) is 0 Å². The van der Waals surface area contributed by atoms with Gasteiger partial charge in [0.25, 0.3) is 5.91 Å². The molecule has 1 aliphatic carbocycles. The Morgan fingerprint density at radius 3 is 2.50 bits per heavy atom. The van der Waals surface area contributed by atoms with E-state index in [2.05, 4.69) is 37.2 Å². The third kappa shape index (κ3) is 2.95. The highest BCUT2D eigenvalue weighted by Gasteiger charge is 2.40. The van der Waals surface area contributed by atoms with E-state index in [9.17, 15) is 9.59 Å². The summed E-state index contributed by atoms with van der Waals surface area (Å²) in [7, 11) is 0. The highest BCUT2D eigenvalue weighted by atomic mass is 79.9. The molecular weight excluding hydrogens is 386 g/mol. The fourth-order valence-electron chi connectivity index (χ4n) is 2.00. The van der Waals surface area contributed by atoms with Gasteiger partial charge in [0.1, 0.15) is 0 Å². The molecule has 0 saturated heterocycles. The van der Waals surface area contributed by atoms with E-state index in [0.717, 1.165) is 27.5 Å². The average molecular weight is 397 g/mol. The van der Waals surface area contributed by atoms with Crippen LogP contribution in [0.5, 0.6) is 0 Å². The Hall–Kier alpha value is -0.400. The molecule has 1 aromatic heterocycles. The monoisotopic (exact) mass is 395 g/mol. The van der Waals surface area contributed by atoms with E-state index in [1.165, 1.54) is 11.3 Å². The number of hydrogen-bond acceptors (Lipinski definition) is 3. The number of thiophene rings is 1. The van der Waals surface area contributed by atoms with Crippen LogP contribution in [-0.2, 0) is 4.79 Å². The predicted molar refractivity (Wildman–Crippen MR) is 76.0 cm³/mol. The van der Waals surface area contributed by atoms with Crippen molar-refractivity contribution in [2.45, 2.75) is 31.2 Å². The Morgan fingerprint density at radius 2 is 2.11 bits per heavy atom. The number of carbonyl (C=O) groups excluding carboxylic acids is 1. The van der Waals surface area contributed by atoms with Gasteiger partial charge in [0.2, 0.25) is 0 Å². The summed E-state index contributed by atoms with van der Waals surface area (Å²) in [5, 5.41) is 11.7. The second-order valence-electron chi connectivity index (χ2n) is 4.39. The minimum atomic E-state index is -0.872. The van der Waals surface area contributed by atoms with Crippen molar-refractivity contribution in [3.05, 3.63) is 19.2 Å². The number of rotatable bonds is 4. The molecule has 0 atom stereocenters. The van der Waals surface area contributed by atoms with Gasteiger partial charge in [-0.05, 0) is 57.2 Å². The van der Waals surface area contributed by atoms with Crippen molar-refractivity contribution in [3.63, 3.8) is 0 Å². The standard InChI is InChI=1S/C11H11Br2NO3S/c12-6-4-7(18-9(6)13)10(17)14-11(2-1-3-11)5-8(15)16/h4H,1-3,5H2,(H,14,17)(H,15,16). The molecule has 0 radical (unpaired) electrons. The van der Waals surface area contributed by atoms with Gasteiger partial charge in [-0.2, -0.15) is 0 Å². The summed E-state index contributed by atoms with van der Waals surface area (Å²) in [6.45, 7) is 0. The molecule has 4 nitrogen and oxygen atoms in total. The van der Waals surface area contributed by atoms with Crippen molar-refractivity contribution in [1.82, 2.24) is 5.32 Å². The second kappa shape index (κ2) is 5.30. The lowest BCUT2D eigenvalue weighted by Gasteiger charge is -2.41. The average Bonchev–Trinajstić information content (AvgIpc) is 2.55. The molecule has 0 aliphatic heterocycles. The Balaban J connectivity index is 2.08. The SMILES string of the molecule is O=C(O)CC1(NC(=O)c2cc(Br)c(Br)s2)CCC1. The van der Waals surface area contributed by atoms with Crippen LogP contribution in [0.4, 0.5) is 0 Å². The first kappa shape index (κ1) is 14.0. The first-order valence-corrected chi connectivity index (χ1v) is 7.81. The molecule has 1 saturated carbocycles. The largest absolute Gasteiger partial charge is 0.481 e. The predicted octanol–water partition coefficient (Wildman–Crippen LogP) is 3.40. The third-order valence-electron chi connectivity index (χ3n) is 3.05. The Morgan fingerprint density at radius 1 is 1.44 bits per heavy atom. The van der Waals surface area contributed by atoms with E-state index >= 15 is 0 Å². The fraction of sp³-hybridized carbons (Fsp3) is 0.455. The fourth-order valence-corrected chi connectivity index (χ4v) is 3.93. The van der Waals surface area contributed by atoms with Crippen LogP contribution in [0.3, 0.4) is 0 Å². The molecule has 98 valence electrons. The van der Waals surface area contributed by atoms with Crippen molar-refractivity contribution >= 4 is 55.1 Å². The van der Waals surface area contributed by atoms with Crippen LogP contribution in [-0.4, -0.2) is 22.5 Å². The van der Waals surface area contributed by atoms with Crippen molar-refractivity contribution in [2.75, 3.05) is 0 Å². The smallest absolute Gasteiger partial charge is 0.305 e. The summed E-state index contributed by atoms with van der Waals surface area (Å²) in [6, 6.07) is 1.73. The molecule has 0 unspecified atom stereocenters. The van der Waals surface area contributed by atoms with Gasteiger partial charge in [-0.1, -0.05) is 0 Å². The number of aliphatic carboxylic acids is 1. The molecule has 1 fully saturated rings. The summed E-state index contributed by atoms with van der Waals surface area (Å²) < 4.78 is 1.69. The van der Waals surface area contributed by atoms with Gasteiger partial charge in [-0.3, -0.25) is 9.59 Å². The number of hydrogen-bond donors (Lipinski definition) is 2. The van der Waals surface area contributed by atoms with Crippen molar-refractivity contribution in [2.24, 2.45) is 0 Å². The van der Waals surface area contributed by atoms with Gasteiger partial charge in [-0.15, -0.1) is 11.3 Å². The minimum Gasteiger partial charge on any atom is -0.481 e. The van der Waals surface area contributed by atoms with Crippen LogP contribution in [0.25, 0.3) is 0 Å². The van der Waals surface area contributed by atoms with Crippen LogP contribution in [0, 0.1) is 0 Å². The van der Waals surface area contributed by atoms with Crippen LogP contribution >= 0.6 is 43.2 Å². The number of halogens is 2. The van der Waals surface area contributed by atoms with Crippen LogP contribution < -0.4 is 5.32 Å². The van der Waals surface area contributed by atoms with Crippen molar-refractivity contribution in [1.29, 1.82) is 0 Å². The van der Waals surface area contributed by atoms with Crippen LogP contribution in [0.2, 0.25) is 0 Å². The van der Waals surface area contributed by atoms with Crippen LogP contribution in [0.15, 0.2) is 14.3 Å². The maximum absolute atomic E-state index is 12.1. The second-order valence-corrected chi connectivity index (χ2v) is 7.62. The van der Waals surface area contributed by atoms with E-state index in [0.29, 0.717) is 4.88 Å². The zero-order valence-electron chi connectivity index (χ0n) is 9.33. The molecule has 0 bridgehead atoms. The molecule has 7 heteroatoms. The lowest BCUT2D eigenvalue weighted by atomic mass is 9.74. The molecular formula is C11H11Br2NO3S. The molecule has 1 aliphatic rings. The van der Waals surface area contributed by atoms with Gasteiger partial charge in [0, 0.05) is 4.47 Å². The molecule has 0 spiro atoms. The van der Waals surface area contributed by atoms with Crippen LogP contribution in [0.1, 0.15) is 35.4 Å². The minimum absolute atomic E-state index is 0.00749. The van der Waals surface area contributed by atoms with Gasteiger partial charge in [0.15, 0.2) is 0 Å². The maximum atomic E-state index is 12.1. The highest BCUT2D eigenvalue weighted by molar-refractivity contribution is 9.13. The summed E-state index contributed by atoms with van der Waals surface area (Å²) >= 11 is 7.98. The molecule has 1 aromatic rings. The van der Waals surface area contributed by atoms with E-state index in [1.54, 1.807) is 6.07 Å². The highest BCUT2D eigenvalue weighted by Crippen LogP contribution is 2.37. The van der Waals surface area contributed by atoms with Gasteiger partial charge >= 0.3 is 5.97 Å². The maximum Gasteiger partial charge on any atom is 0.305 e. The number of carboxylic acids is 1. The normalized spacial score (nSPS) is 17.0. The zero-order valence-corrected chi connectivity index (χ0v) is 13.3. The zero-order chi connectivity index (χ0) is 13.3. The number of carboxylic acid groups (broad SMARTS) is 1. The molecule has 1 amide bonds. The summed E-state index contributed by atoms with van der Waals surface area (Å²) in [4.78, 5) is 23.5. The third-order valence-corrected chi connectivity index (χ3v) is 6.30. The first-order chi connectivity index (χ1) is 8.42. The lowest BCUT2D eigenvalue weighted by molar-refractivity contribution is -0.139. The Labute approximate surface area is 125 Å². The molecule has 2 N–H and O–H groups in total. The molecule has 0 aromatic carbocycles. The van der Waals surface area contributed by atoms with Crippen molar-refractivity contribution < 1.29 is 14.7 Å². The summed E-state index contributed by atoms with van der Waals surface area (Å²) in [5.74, 6) is -1.07. The van der Waals surface area contributed by atoms with E-state index in [-0.39, 0.29) is 12.3 Å². The molecule has 1 heterocycles. The van der Waals surface area contributed by atoms with E-state index in [4.69, 9.17) is 5.11 Å². The number of nitrogens with one attached hydrogen (secondary N) is 1. The molecule has 18 heavy (non-hydrogen) atoms. The van der Waals surface area contributed by atoms with E-state index < -0.39 is 11.5 Å². The Kier molecular flexibility index (Phi) is 4.13. The van der Waals surface area contributed by atoms with Gasteiger partial charge in [0.05, 0.1) is 20.6 Å². The topological polar surface area (TPSA) is 66.4 Å². The summed E-state index contributed by atoms with van der Waals surface area (Å²) in [5.41, 5.74) is -0.550. The number of amides is 1. The van der Waals surface area contributed by atoms with Gasteiger partial charge in [-0.25, -0.2) is 0 Å². The first-order valence-electron chi connectivity index (χ1n) is 5.41. The quantitative estimate of drug-likeness (QED) is 0.819.